The molecule has 2 rings (SSSR count). The van der Waals surface area contributed by atoms with Crippen LogP contribution in [0.5, 0.6) is 0 Å². The molecule has 106 valence electrons. The zero-order valence-electron chi connectivity index (χ0n) is 10.9. The second kappa shape index (κ2) is 5.12. The van der Waals surface area contributed by atoms with Crippen molar-refractivity contribution in [3.63, 3.8) is 0 Å². The number of hydrogen-bond donors (Lipinski definition) is 1. The van der Waals surface area contributed by atoms with Gasteiger partial charge in [0, 0.05) is 18.0 Å². The van der Waals surface area contributed by atoms with Gasteiger partial charge >= 0.3 is 6.18 Å². The van der Waals surface area contributed by atoms with E-state index in [9.17, 15) is 17.6 Å². The topological polar surface area (TPSA) is 12.0 Å². The molecule has 1 N–H and O–H groups in total. The summed E-state index contributed by atoms with van der Waals surface area (Å²) in [5.74, 6) is -0.879. The summed E-state index contributed by atoms with van der Waals surface area (Å²) in [4.78, 5) is 0. The third-order valence-electron chi connectivity index (χ3n) is 3.71. The van der Waals surface area contributed by atoms with Crippen LogP contribution >= 0.6 is 0 Å². The molecule has 1 aromatic carbocycles. The van der Waals surface area contributed by atoms with E-state index in [2.05, 4.69) is 5.32 Å². The van der Waals surface area contributed by atoms with Gasteiger partial charge in [-0.1, -0.05) is 6.92 Å². The molecule has 5 heteroatoms. The normalized spacial score (nSPS) is 27.8. The molecule has 1 aromatic rings. The van der Waals surface area contributed by atoms with Gasteiger partial charge in [-0.3, -0.25) is 0 Å². The lowest BCUT2D eigenvalue weighted by Crippen LogP contribution is -2.28. The highest BCUT2D eigenvalue weighted by molar-refractivity contribution is 5.31. The first-order valence-electron chi connectivity index (χ1n) is 6.45. The van der Waals surface area contributed by atoms with E-state index in [1.807, 2.05) is 13.8 Å². The monoisotopic (exact) mass is 275 g/mol. The number of nitrogens with one attached hydrogen (secondary N) is 1. The van der Waals surface area contributed by atoms with Crippen molar-refractivity contribution in [1.82, 2.24) is 5.32 Å². The van der Waals surface area contributed by atoms with Crippen LogP contribution in [0.15, 0.2) is 18.2 Å². The van der Waals surface area contributed by atoms with Crippen molar-refractivity contribution in [2.75, 3.05) is 0 Å². The second-order valence-electron chi connectivity index (χ2n) is 5.20. The van der Waals surface area contributed by atoms with Gasteiger partial charge in [-0.2, -0.15) is 13.2 Å². The summed E-state index contributed by atoms with van der Waals surface area (Å²) in [7, 11) is 0. The summed E-state index contributed by atoms with van der Waals surface area (Å²) >= 11 is 0. The van der Waals surface area contributed by atoms with Gasteiger partial charge in [0.1, 0.15) is 5.82 Å². The molecule has 3 unspecified atom stereocenters. The number of halogens is 4. The SMILES string of the molecule is CCC1NC(C)CC1c1cc(F)cc(C(F)(F)F)c1. The van der Waals surface area contributed by atoms with Gasteiger partial charge in [-0.15, -0.1) is 0 Å². The Morgan fingerprint density at radius 1 is 1.26 bits per heavy atom. The fraction of sp³-hybridized carbons (Fsp3) is 0.571. The van der Waals surface area contributed by atoms with Crippen molar-refractivity contribution in [2.45, 2.75) is 50.9 Å². The molecular formula is C14H17F4N. The molecule has 1 aliphatic heterocycles. The number of rotatable bonds is 2. The van der Waals surface area contributed by atoms with Crippen LogP contribution in [-0.2, 0) is 6.18 Å². The third kappa shape index (κ3) is 3.08. The number of benzene rings is 1. The molecule has 0 spiro atoms. The average molecular weight is 275 g/mol. The molecule has 1 aliphatic rings. The maximum absolute atomic E-state index is 13.4. The van der Waals surface area contributed by atoms with Crippen molar-refractivity contribution >= 4 is 0 Å². The molecule has 0 saturated carbocycles. The number of alkyl halides is 3. The van der Waals surface area contributed by atoms with E-state index >= 15 is 0 Å². The summed E-state index contributed by atoms with van der Waals surface area (Å²) in [5.41, 5.74) is -0.465. The lowest BCUT2D eigenvalue weighted by atomic mass is 9.88. The van der Waals surface area contributed by atoms with Crippen LogP contribution in [-0.4, -0.2) is 12.1 Å². The maximum atomic E-state index is 13.4. The molecule has 1 saturated heterocycles. The van der Waals surface area contributed by atoms with E-state index in [1.54, 1.807) is 0 Å². The van der Waals surface area contributed by atoms with Crippen molar-refractivity contribution in [1.29, 1.82) is 0 Å². The Morgan fingerprint density at radius 2 is 1.95 bits per heavy atom. The van der Waals surface area contributed by atoms with Gasteiger partial charge in [0.15, 0.2) is 0 Å². The van der Waals surface area contributed by atoms with Crippen LogP contribution in [0.1, 0.15) is 43.7 Å². The zero-order chi connectivity index (χ0) is 14.2. The molecule has 19 heavy (non-hydrogen) atoms. The second-order valence-corrected chi connectivity index (χ2v) is 5.20. The fourth-order valence-corrected chi connectivity index (χ4v) is 2.86. The molecule has 0 amide bonds. The highest BCUT2D eigenvalue weighted by atomic mass is 19.4. The molecule has 3 atom stereocenters. The highest BCUT2D eigenvalue weighted by Gasteiger charge is 2.35. The lowest BCUT2D eigenvalue weighted by Gasteiger charge is -2.19. The van der Waals surface area contributed by atoms with Gasteiger partial charge in [0.25, 0.3) is 0 Å². The van der Waals surface area contributed by atoms with E-state index in [4.69, 9.17) is 0 Å². The molecule has 0 aliphatic carbocycles. The Morgan fingerprint density at radius 3 is 2.53 bits per heavy atom. The van der Waals surface area contributed by atoms with Gasteiger partial charge in [-0.05, 0) is 43.5 Å². The summed E-state index contributed by atoms with van der Waals surface area (Å²) in [6, 6.07) is 3.21. The highest BCUT2D eigenvalue weighted by Crippen LogP contribution is 2.36. The lowest BCUT2D eigenvalue weighted by molar-refractivity contribution is -0.137. The molecular weight excluding hydrogens is 258 g/mol. The van der Waals surface area contributed by atoms with E-state index < -0.39 is 17.6 Å². The Kier molecular flexibility index (Phi) is 3.85. The van der Waals surface area contributed by atoms with E-state index in [1.165, 1.54) is 6.07 Å². The predicted molar refractivity (Wildman–Crippen MR) is 65.4 cm³/mol. The smallest absolute Gasteiger partial charge is 0.311 e. The Labute approximate surface area is 110 Å². The standard InChI is InChI=1S/C14H17F4N/c1-3-13-12(4-8(2)19-13)9-5-10(14(16,17)18)7-11(15)6-9/h5-8,12-13,19H,3-4H2,1-2H3. The largest absolute Gasteiger partial charge is 0.416 e. The first kappa shape index (κ1) is 14.3. The third-order valence-corrected chi connectivity index (χ3v) is 3.71. The molecule has 0 bridgehead atoms. The summed E-state index contributed by atoms with van der Waals surface area (Å²) in [6.45, 7) is 3.97. The van der Waals surface area contributed by atoms with Crippen molar-refractivity contribution in [3.05, 3.63) is 35.1 Å². The van der Waals surface area contributed by atoms with E-state index in [0.717, 1.165) is 18.9 Å². The first-order chi connectivity index (χ1) is 8.81. The molecule has 1 fully saturated rings. The van der Waals surface area contributed by atoms with Crippen LogP contribution < -0.4 is 5.32 Å². The Balaban J connectivity index is 2.37. The fourth-order valence-electron chi connectivity index (χ4n) is 2.86. The van der Waals surface area contributed by atoms with Crippen molar-refractivity contribution in [3.8, 4) is 0 Å². The number of hydrogen-bond acceptors (Lipinski definition) is 1. The Bertz CT molecular complexity index is 455. The van der Waals surface area contributed by atoms with Gasteiger partial charge in [0.05, 0.1) is 5.56 Å². The molecule has 0 aromatic heterocycles. The quantitative estimate of drug-likeness (QED) is 0.802. The molecule has 1 nitrogen and oxygen atoms in total. The maximum Gasteiger partial charge on any atom is 0.416 e. The minimum atomic E-state index is -4.50. The van der Waals surface area contributed by atoms with Crippen molar-refractivity contribution < 1.29 is 17.6 Å². The Hall–Kier alpha value is -1.10. The minimum Gasteiger partial charge on any atom is -0.311 e. The summed E-state index contributed by atoms with van der Waals surface area (Å²) in [5, 5.41) is 3.33. The van der Waals surface area contributed by atoms with Gasteiger partial charge < -0.3 is 5.32 Å². The van der Waals surface area contributed by atoms with Crippen molar-refractivity contribution in [2.24, 2.45) is 0 Å². The van der Waals surface area contributed by atoms with E-state index in [-0.39, 0.29) is 18.0 Å². The molecule has 0 radical (unpaired) electrons. The first-order valence-corrected chi connectivity index (χ1v) is 6.45. The van der Waals surface area contributed by atoms with Crippen LogP contribution in [0.4, 0.5) is 17.6 Å². The summed E-state index contributed by atoms with van der Waals surface area (Å²) < 4.78 is 51.5. The van der Waals surface area contributed by atoms with Crippen LogP contribution in [0, 0.1) is 5.82 Å². The predicted octanol–water partition coefficient (Wildman–Crippen LogP) is 4.09. The molecule has 1 heterocycles. The van der Waals surface area contributed by atoms with Crippen LogP contribution in [0.3, 0.4) is 0 Å². The van der Waals surface area contributed by atoms with Gasteiger partial charge in [-0.25, -0.2) is 4.39 Å². The van der Waals surface area contributed by atoms with Gasteiger partial charge in [0.2, 0.25) is 0 Å². The van der Waals surface area contributed by atoms with Crippen LogP contribution in [0.25, 0.3) is 0 Å². The zero-order valence-corrected chi connectivity index (χ0v) is 10.9. The van der Waals surface area contributed by atoms with Crippen LogP contribution in [0.2, 0.25) is 0 Å². The minimum absolute atomic E-state index is 0.0585. The average Bonchev–Trinajstić information content (AvgIpc) is 2.68. The van der Waals surface area contributed by atoms with E-state index in [0.29, 0.717) is 11.6 Å². The summed E-state index contributed by atoms with van der Waals surface area (Å²) in [6.07, 6.45) is -2.96.